The number of carbonyl (C=O) groups excluding carboxylic acids is 1. The maximum Gasteiger partial charge on any atom is 0.280 e. The van der Waals surface area contributed by atoms with Crippen LogP contribution in [-0.4, -0.2) is 36.8 Å². The molecule has 3 rings (SSSR count). The van der Waals surface area contributed by atoms with Gasteiger partial charge in [-0.2, -0.15) is 17.4 Å². The Balaban J connectivity index is 1.78. The number of anilines is 1. The van der Waals surface area contributed by atoms with Crippen LogP contribution in [0.25, 0.3) is 0 Å². The molecule has 1 saturated heterocycles. The van der Waals surface area contributed by atoms with E-state index in [1.165, 1.54) is 18.4 Å². The number of hydrogen-bond donors (Lipinski definition) is 3. The largest absolute Gasteiger partial charge is 0.389 e. The molecule has 0 aliphatic carbocycles. The summed E-state index contributed by atoms with van der Waals surface area (Å²) in [4.78, 5) is 13.6. The van der Waals surface area contributed by atoms with E-state index < -0.39 is 28.4 Å². The molecular formula is C17H21N3O4S2. The Hall–Kier alpha value is -1.78. The molecule has 9 heteroatoms. The molecule has 7 nitrogen and oxygen atoms in total. The molecule has 2 aromatic rings. The molecule has 0 saturated carbocycles. The predicted octanol–water partition coefficient (Wildman–Crippen LogP) is 2.02. The number of nitrogens with one attached hydrogen (secondary N) is 2. The second kappa shape index (κ2) is 7.45. The van der Waals surface area contributed by atoms with E-state index in [9.17, 15) is 18.3 Å². The van der Waals surface area contributed by atoms with Crippen molar-refractivity contribution in [3.63, 3.8) is 0 Å². The first kappa shape index (κ1) is 19.0. The van der Waals surface area contributed by atoms with Crippen LogP contribution < -0.4 is 10.0 Å². The minimum absolute atomic E-state index is 0.341. The Morgan fingerprint density at radius 2 is 2.04 bits per heavy atom. The molecule has 3 atom stereocenters. The van der Waals surface area contributed by atoms with Gasteiger partial charge in [-0.15, -0.1) is 11.3 Å². The summed E-state index contributed by atoms with van der Waals surface area (Å²) in [6.45, 7) is 1.66. The minimum atomic E-state index is -3.74. The minimum Gasteiger partial charge on any atom is -0.389 e. The number of hydrogen-bond acceptors (Lipinski definition) is 5. The number of aliphatic hydroxyl groups is 1. The van der Waals surface area contributed by atoms with Crippen molar-refractivity contribution in [3.8, 4) is 0 Å². The molecule has 2 heterocycles. The molecule has 1 aliphatic heterocycles. The third-order valence-electron chi connectivity index (χ3n) is 4.42. The topological polar surface area (TPSA) is 98.7 Å². The van der Waals surface area contributed by atoms with Crippen molar-refractivity contribution in [2.75, 3.05) is 12.4 Å². The zero-order valence-electron chi connectivity index (χ0n) is 14.4. The van der Waals surface area contributed by atoms with E-state index in [1.807, 2.05) is 17.5 Å². The van der Waals surface area contributed by atoms with E-state index in [2.05, 4.69) is 10.0 Å². The van der Waals surface area contributed by atoms with Crippen molar-refractivity contribution in [2.24, 2.45) is 0 Å². The number of carbonyl (C=O) groups is 1. The van der Waals surface area contributed by atoms with Gasteiger partial charge in [0.2, 0.25) is 5.91 Å². The van der Waals surface area contributed by atoms with Gasteiger partial charge in [0.05, 0.1) is 12.1 Å². The number of thiophene rings is 1. The van der Waals surface area contributed by atoms with Gasteiger partial charge in [0.25, 0.3) is 10.2 Å². The summed E-state index contributed by atoms with van der Waals surface area (Å²) in [5.74, 6) is -0.385. The smallest absolute Gasteiger partial charge is 0.280 e. The van der Waals surface area contributed by atoms with E-state index in [4.69, 9.17) is 0 Å². The van der Waals surface area contributed by atoms with Crippen molar-refractivity contribution in [1.82, 2.24) is 9.03 Å². The van der Waals surface area contributed by atoms with E-state index in [0.29, 0.717) is 12.1 Å². The second-order valence-corrected chi connectivity index (χ2v) is 8.99. The highest BCUT2D eigenvalue weighted by Gasteiger charge is 2.40. The molecule has 0 bridgehead atoms. The quantitative estimate of drug-likeness (QED) is 0.738. The van der Waals surface area contributed by atoms with E-state index >= 15 is 0 Å². The van der Waals surface area contributed by atoms with Gasteiger partial charge in [-0.3, -0.25) is 4.79 Å². The molecule has 26 heavy (non-hydrogen) atoms. The molecule has 3 N–H and O–H groups in total. The van der Waals surface area contributed by atoms with Crippen LogP contribution in [-0.2, 0) is 15.0 Å². The number of benzene rings is 1. The van der Waals surface area contributed by atoms with Crippen LogP contribution in [0.2, 0.25) is 0 Å². The maximum atomic E-state index is 12.7. The van der Waals surface area contributed by atoms with Crippen molar-refractivity contribution >= 4 is 33.1 Å². The highest BCUT2D eigenvalue weighted by atomic mass is 32.2. The fourth-order valence-corrected chi connectivity index (χ4v) is 4.99. The fourth-order valence-electron chi connectivity index (χ4n) is 2.86. The van der Waals surface area contributed by atoms with Crippen LogP contribution >= 0.6 is 11.3 Å². The molecule has 1 aromatic heterocycles. The lowest BCUT2D eigenvalue weighted by Gasteiger charge is -2.35. The van der Waals surface area contributed by atoms with Gasteiger partial charge in [0.15, 0.2) is 0 Å². The number of nitrogens with zero attached hydrogens (tertiary/aromatic N) is 1. The molecular weight excluding hydrogens is 374 g/mol. The van der Waals surface area contributed by atoms with Gasteiger partial charge in [-0.05, 0) is 42.5 Å². The number of amides is 1. The lowest BCUT2D eigenvalue weighted by atomic mass is 10.1. The average molecular weight is 396 g/mol. The monoisotopic (exact) mass is 395 g/mol. The summed E-state index contributed by atoms with van der Waals surface area (Å²) in [5, 5.41) is 14.2. The molecule has 1 amide bonds. The van der Waals surface area contributed by atoms with Gasteiger partial charge >= 0.3 is 0 Å². The molecule has 1 fully saturated rings. The fraction of sp³-hybridized carbons (Fsp3) is 0.353. The number of likely N-dealkylation sites (N-methyl/N-ethyl adjacent to an activating group) is 1. The summed E-state index contributed by atoms with van der Waals surface area (Å²) < 4.78 is 28.5. The zero-order chi connectivity index (χ0) is 18.9. The Morgan fingerprint density at radius 1 is 1.35 bits per heavy atom. The van der Waals surface area contributed by atoms with Crippen molar-refractivity contribution < 1.29 is 18.3 Å². The molecule has 0 radical (unpaired) electrons. The third-order valence-corrected chi connectivity index (χ3v) is 7.00. The standard InChI is InChI=1S/C17H21N3O4S2/c1-11(21)12-5-7-13(8-6-12)18-17(22)15-10-14(16-4-3-9-25-16)19-26(23,24)20(15)2/h3-9,11,14-15,19,21H,10H2,1-2H3,(H,18,22)/t11-,14+,15-/m1/s1. The summed E-state index contributed by atoms with van der Waals surface area (Å²) >= 11 is 1.45. The summed E-state index contributed by atoms with van der Waals surface area (Å²) in [6.07, 6.45) is -0.250. The van der Waals surface area contributed by atoms with Gasteiger partial charge < -0.3 is 10.4 Å². The zero-order valence-corrected chi connectivity index (χ0v) is 16.0. The van der Waals surface area contributed by atoms with E-state index in [1.54, 1.807) is 31.2 Å². The van der Waals surface area contributed by atoms with Crippen LogP contribution in [0.15, 0.2) is 41.8 Å². The lowest BCUT2D eigenvalue weighted by Crippen LogP contribution is -2.55. The van der Waals surface area contributed by atoms with Crippen LogP contribution in [0.3, 0.4) is 0 Å². The summed E-state index contributed by atoms with van der Waals surface area (Å²) in [7, 11) is -2.35. The first-order valence-electron chi connectivity index (χ1n) is 8.15. The Morgan fingerprint density at radius 3 is 2.62 bits per heavy atom. The van der Waals surface area contributed by atoms with Gasteiger partial charge in [-0.25, -0.2) is 0 Å². The molecule has 0 unspecified atom stereocenters. The van der Waals surface area contributed by atoms with Crippen LogP contribution in [0, 0.1) is 0 Å². The van der Waals surface area contributed by atoms with Crippen LogP contribution in [0.1, 0.15) is 35.9 Å². The Bertz CT molecular complexity index is 864. The van der Waals surface area contributed by atoms with Crippen LogP contribution in [0.5, 0.6) is 0 Å². The van der Waals surface area contributed by atoms with E-state index in [-0.39, 0.29) is 5.91 Å². The highest BCUT2D eigenvalue weighted by Crippen LogP contribution is 2.30. The SMILES string of the molecule is C[C@@H](O)c1ccc(NC(=O)[C@H]2C[C@@H](c3cccs3)NS(=O)(=O)N2C)cc1. The molecule has 1 aliphatic rings. The maximum absolute atomic E-state index is 12.7. The number of aliphatic hydroxyl groups excluding tert-OH is 1. The molecule has 1 aromatic carbocycles. The normalized spacial score (nSPS) is 24.1. The highest BCUT2D eigenvalue weighted by molar-refractivity contribution is 7.87. The average Bonchev–Trinajstić information content (AvgIpc) is 3.12. The molecule has 140 valence electrons. The predicted molar refractivity (Wildman–Crippen MR) is 101 cm³/mol. The van der Waals surface area contributed by atoms with Crippen molar-refractivity contribution in [1.29, 1.82) is 0 Å². The summed E-state index contributed by atoms with van der Waals surface area (Å²) in [5.41, 5.74) is 1.29. The second-order valence-electron chi connectivity index (χ2n) is 6.25. The molecule has 0 spiro atoms. The van der Waals surface area contributed by atoms with Gasteiger partial charge in [0.1, 0.15) is 6.04 Å². The van der Waals surface area contributed by atoms with Crippen LogP contribution in [0.4, 0.5) is 5.69 Å². The lowest BCUT2D eigenvalue weighted by molar-refractivity contribution is -0.120. The Kier molecular flexibility index (Phi) is 5.44. The number of rotatable bonds is 4. The van der Waals surface area contributed by atoms with Crippen molar-refractivity contribution in [3.05, 3.63) is 52.2 Å². The van der Waals surface area contributed by atoms with Gasteiger partial charge in [0, 0.05) is 17.6 Å². The first-order chi connectivity index (χ1) is 12.3. The van der Waals surface area contributed by atoms with Crippen molar-refractivity contribution in [2.45, 2.75) is 31.5 Å². The third kappa shape index (κ3) is 3.97. The van der Waals surface area contributed by atoms with E-state index in [0.717, 1.165) is 14.7 Å². The Labute approximate surface area is 156 Å². The van der Waals surface area contributed by atoms with Gasteiger partial charge in [-0.1, -0.05) is 18.2 Å². The summed E-state index contributed by atoms with van der Waals surface area (Å²) in [6, 6.07) is 9.28. The first-order valence-corrected chi connectivity index (χ1v) is 10.5.